The van der Waals surface area contributed by atoms with E-state index in [2.05, 4.69) is 5.32 Å². The van der Waals surface area contributed by atoms with E-state index in [1.54, 1.807) is 18.2 Å². The molecule has 1 aromatic rings. The summed E-state index contributed by atoms with van der Waals surface area (Å²) >= 11 is 0. The fourth-order valence-electron chi connectivity index (χ4n) is 2.08. The summed E-state index contributed by atoms with van der Waals surface area (Å²) in [5.41, 5.74) is 12.8. The third-order valence-corrected chi connectivity index (χ3v) is 3.18. The molecule has 0 spiro atoms. The molecule has 2 rings (SSSR count). The van der Waals surface area contributed by atoms with Crippen molar-refractivity contribution >= 4 is 17.3 Å². The van der Waals surface area contributed by atoms with Gasteiger partial charge in [0.15, 0.2) is 0 Å². The van der Waals surface area contributed by atoms with Gasteiger partial charge in [0, 0.05) is 31.1 Å². The molecule has 1 amide bonds. The molecule has 0 bridgehead atoms. The third-order valence-electron chi connectivity index (χ3n) is 3.18. The standard InChI is InChI=1S/C13H19N3O2/c14-10-1-2-11(12(15)7-10)13(17)16-5-3-9-4-6-18-8-9/h1-2,7,9H,3-6,8,14-15H2,(H,16,17). The van der Waals surface area contributed by atoms with Crippen LogP contribution in [0.3, 0.4) is 0 Å². The van der Waals surface area contributed by atoms with Crippen LogP contribution in [0.25, 0.3) is 0 Å². The number of carbonyl (C=O) groups is 1. The first-order valence-electron chi connectivity index (χ1n) is 6.18. The molecule has 1 aromatic carbocycles. The Balaban J connectivity index is 1.83. The van der Waals surface area contributed by atoms with Gasteiger partial charge < -0.3 is 21.5 Å². The topological polar surface area (TPSA) is 90.4 Å². The highest BCUT2D eigenvalue weighted by atomic mass is 16.5. The minimum absolute atomic E-state index is 0.147. The Morgan fingerprint density at radius 2 is 2.28 bits per heavy atom. The average molecular weight is 249 g/mol. The van der Waals surface area contributed by atoms with Crippen LogP contribution in [0, 0.1) is 5.92 Å². The van der Waals surface area contributed by atoms with E-state index in [1.807, 2.05) is 0 Å². The number of hydrogen-bond donors (Lipinski definition) is 3. The van der Waals surface area contributed by atoms with Crippen molar-refractivity contribution in [3.8, 4) is 0 Å². The maximum absolute atomic E-state index is 11.9. The van der Waals surface area contributed by atoms with E-state index in [9.17, 15) is 4.79 Å². The number of nitrogen functional groups attached to an aromatic ring is 2. The smallest absolute Gasteiger partial charge is 0.253 e. The number of carbonyl (C=O) groups excluding carboxylic acids is 1. The monoisotopic (exact) mass is 249 g/mol. The Labute approximate surface area is 106 Å². The number of rotatable bonds is 4. The van der Waals surface area contributed by atoms with E-state index in [4.69, 9.17) is 16.2 Å². The second-order valence-corrected chi connectivity index (χ2v) is 4.62. The molecule has 0 saturated carbocycles. The number of nitrogens with two attached hydrogens (primary N) is 2. The summed E-state index contributed by atoms with van der Waals surface area (Å²) in [6.07, 6.45) is 2.03. The zero-order chi connectivity index (χ0) is 13.0. The van der Waals surface area contributed by atoms with Gasteiger partial charge in [-0.15, -0.1) is 0 Å². The van der Waals surface area contributed by atoms with Crippen LogP contribution >= 0.6 is 0 Å². The SMILES string of the molecule is Nc1ccc(C(=O)NCCC2CCOC2)c(N)c1. The molecule has 1 fully saturated rings. The van der Waals surface area contributed by atoms with Crippen molar-refractivity contribution in [2.45, 2.75) is 12.8 Å². The van der Waals surface area contributed by atoms with Gasteiger partial charge in [0.05, 0.1) is 5.56 Å². The molecule has 0 aliphatic carbocycles. The van der Waals surface area contributed by atoms with Gasteiger partial charge in [-0.2, -0.15) is 0 Å². The molecule has 98 valence electrons. The quantitative estimate of drug-likeness (QED) is 0.694. The van der Waals surface area contributed by atoms with Gasteiger partial charge in [-0.25, -0.2) is 0 Å². The van der Waals surface area contributed by atoms with Gasteiger partial charge >= 0.3 is 0 Å². The lowest BCUT2D eigenvalue weighted by atomic mass is 10.1. The van der Waals surface area contributed by atoms with E-state index >= 15 is 0 Å². The van der Waals surface area contributed by atoms with Crippen molar-refractivity contribution < 1.29 is 9.53 Å². The van der Waals surface area contributed by atoms with E-state index in [0.29, 0.717) is 29.4 Å². The molecule has 1 atom stereocenters. The highest BCUT2D eigenvalue weighted by Crippen LogP contribution is 2.17. The molecule has 5 nitrogen and oxygen atoms in total. The first kappa shape index (κ1) is 12.7. The number of ether oxygens (including phenoxy) is 1. The van der Waals surface area contributed by atoms with Crippen LogP contribution in [0.5, 0.6) is 0 Å². The molecule has 1 heterocycles. The summed E-state index contributed by atoms with van der Waals surface area (Å²) in [5, 5.41) is 2.87. The van der Waals surface area contributed by atoms with Crippen LogP contribution in [0.15, 0.2) is 18.2 Å². The van der Waals surface area contributed by atoms with E-state index in [0.717, 1.165) is 26.1 Å². The van der Waals surface area contributed by atoms with Crippen molar-refractivity contribution in [1.29, 1.82) is 0 Å². The molecule has 5 N–H and O–H groups in total. The molecule has 0 aromatic heterocycles. The Bertz CT molecular complexity index is 428. The van der Waals surface area contributed by atoms with Crippen LogP contribution in [0.1, 0.15) is 23.2 Å². The van der Waals surface area contributed by atoms with E-state index in [1.165, 1.54) is 0 Å². The zero-order valence-electron chi connectivity index (χ0n) is 10.3. The van der Waals surface area contributed by atoms with Crippen molar-refractivity contribution in [3.05, 3.63) is 23.8 Å². The Morgan fingerprint density at radius 3 is 2.94 bits per heavy atom. The molecule has 1 aliphatic rings. The first-order chi connectivity index (χ1) is 8.66. The van der Waals surface area contributed by atoms with Gasteiger partial charge in [-0.1, -0.05) is 0 Å². The van der Waals surface area contributed by atoms with Gasteiger partial charge in [0.2, 0.25) is 0 Å². The third kappa shape index (κ3) is 3.13. The summed E-state index contributed by atoms with van der Waals surface area (Å²) in [7, 11) is 0. The number of hydrogen-bond acceptors (Lipinski definition) is 4. The van der Waals surface area contributed by atoms with Crippen LogP contribution < -0.4 is 16.8 Å². The lowest BCUT2D eigenvalue weighted by Crippen LogP contribution is -2.26. The Morgan fingerprint density at radius 1 is 1.44 bits per heavy atom. The molecule has 0 radical (unpaired) electrons. The molecule has 5 heteroatoms. The van der Waals surface area contributed by atoms with E-state index < -0.39 is 0 Å². The molecular weight excluding hydrogens is 230 g/mol. The van der Waals surface area contributed by atoms with Crippen molar-refractivity contribution in [1.82, 2.24) is 5.32 Å². The lowest BCUT2D eigenvalue weighted by Gasteiger charge is -2.10. The molecule has 18 heavy (non-hydrogen) atoms. The summed E-state index contributed by atoms with van der Waals surface area (Å²) in [5.74, 6) is 0.417. The summed E-state index contributed by atoms with van der Waals surface area (Å²) < 4.78 is 5.28. The molecule has 1 saturated heterocycles. The maximum atomic E-state index is 11.9. The number of anilines is 2. The first-order valence-corrected chi connectivity index (χ1v) is 6.18. The second kappa shape index (κ2) is 5.73. The van der Waals surface area contributed by atoms with Crippen LogP contribution in [0.4, 0.5) is 11.4 Å². The maximum Gasteiger partial charge on any atom is 0.253 e. The van der Waals surface area contributed by atoms with Crippen molar-refractivity contribution in [2.75, 3.05) is 31.2 Å². The minimum Gasteiger partial charge on any atom is -0.399 e. The largest absolute Gasteiger partial charge is 0.399 e. The fourth-order valence-corrected chi connectivity index (χ4v) is 2.08. The van der Waals surface area contributed by atoms with Gasteiger partial charge in [-0.05, 0) is 37.0 Å². The zero-order valence-corrected chi connectivity index (χ0v) is 10.3. The molecular formula is C13H19N3O2. The molecule has 1 aliphatic heterocycles. The van der Waals surface area contributed by atoms with Crippen molar-refractivity contribution in [2.24, 2.45) is 5.92 Å². The van der Waals surface area contributed by atoms with Crippen molar-refractivity contribution in [3.63, 3.8) is 0 Å². The Hall–Kier alpha value is -1.75. The summed E-state index contributed by atoms with van der Waals surface area (Å²) in [4.78, 5) is 11.9. The summed E-state index contributed by atoms with van der Waals surface area (Å²) in [6, 6.07) is 4.93. The van der Waals surface area contributed by atoms with Gasteiger partial charge in [-0.3, -0.25) is 4.79 Å². The normalized spacial score (nSPS) is 18.8. The number of amides is 1. The van der Waals surface area contributed by atoms with E-state index in [-0.39, 0.29) is 5.91 Å². The van der Waals surface area contributed by atoms with Gasteiger partial charge in [0.1, 0.15) is 0 Å². The van der Waals surface area contributed by atoms with Gasteiger partial charge in [0.25, 0.3) is 5.91 Å². The Kier molecular flexibility index (Phi) is 4.04. The predicted octanol–water partition coefficient (Wildman–Crippen LogP) is 1.01. The average Bonchev–Trinajstić information content (AvgIpc) is 2.81. The predicted molar refractivity (Wildman–Crippen MR) is 71.1 cm³/mol. The second-order valence-electron chi connectivity index (χ2n) is 4.62. The lowest BCUT2D eigenvalue weighted by molar-refractivity contribution is 0.0951. The number of nitrogens with one attached hydrogen (secondary N) is 1. The summed E-state index contributed by atoms with van der Waals surface area (Å²) in [6.45, 7) is 2.29. The molecule has 1 unspecified atom stereocenters. The minimum atomic E-state index is -0.147. The number of benzene rings is 1. The highest BCUT2D eigenvalue weighted by Gasteiger charge is 2.16. The highest BCUT2D eigenvalue weighted by molar-refractivity contribution is 5.99. The fraction of sp³-hybridized carbons (Fsp3) is 0.462. The van der Waals surface area contributed by atoms with Crippen LogP contribution in [0.2, 0.25) is 0 Å². The van der Waals surface area contributed by atoms with Crippen LogP contribution in [-0.2, 0) is 4.74 Å². The van der Waals surface area contributed by atoms with Crippen LogP contribution in [-0.4, -0.2) is 25.7 Å².